The summed E-state index contributed by atoms with van der Waals surface area (Å²) < 4.78 is 27.7. The molecular weight excluding hydrogens is 368 g/mol. The molecule has 0 aliphatic carbocycles. The number of fused-ring (bicyclic) bond motifs is 1. The SMILES string of the molecule is Cc1ccc(C(C)NC(=O)CSc2nc3ccccc3n2C(F)F)cc1C. The van der Waals surface area contributed by atoms with E-state index in [1.54, 1.807) is 24.3 Å². The third-order valence-electron chi connectivity index (χ3n) is 4.50. The number of halogens is 2. The maximum absolute atomic E-state index is 13.4. The number of hydrogen-bond acceptors (Lipinski definition) is 3. The van der Waals surface area contributed by atoms with Crippen molar-refractivity contribution in [3.05, 3.63) is 59.2 Å². The zero-order valence-corrected chi connectivity index (χ0v) is 16.2. The van der Waals surface area contributed by atoms with E-state index < -0.39 is 6.55 Å². The number of benzene rings is 2. The number of nitrogens with one attached hydrogen (secondary N) is 1. The molecule has 1 heterocycles. The Morgan fingerprint density at radius 1 is 1.19 bits per heavy atom. The van der Waals surface area contributed by atoms with Crippen LogP contribution in [0.3, 0.4) is 0 Å². The Morgan fingerprint density at radius 2 is 1.93 bits per heavy atom. The zero-order valence-electron chi connectivity index (χ0n) is 15.4. The highest BCUT2D eigenvalue weighted by atomic mass is 32.2. The quantitative estimate of drug-likeness (QED) is 0.602. The predicted molar refractivity (Wildman–Crippen MR) is 104 cm³/mol. The maximum atomic E-state index is 13.4. The Morgan fingerprint density at radius 3 is 2.63 bits per heavy atom. The van der Waals surface area contributed by atoms with E-state index in [-0.39, 0.29) is 22.9 Å². The largest absolute Gasteiger partial charge is 0.349 e. The number of carbonyl (C=O) groups is 1. The van der Waals surface area contributed by atoms with Crippen LogP contribution in [0.25, 0.3) is 11.0 Å². The van der Waals surface area contributed by atoms with Crippen molar-refractivity contribution in [2.75, 3.05) is 5.75 Å². The van der Waals surface area contributed by atoms with E-state index in [1.165, 1.54) is 5.56 Å². The fraction of sp³-hybridized carbons (Fsp3) is 0.300. The van der Waals surface area contributed by atoms with Gasteiger partial charge < -0.3 is 5.32 Å². The van der Waals surface area contributed by atoms with Gasteiger partial charge in [0.1, 0.15) is 0 Å². The van der Waals surface area contributed by atoms with Gasteiger partial charge in [-0.25, -0.2) is 4.98 Å². The molecule has 3 aromatic rings. The highest BCUT2D eigenvalue weighted by Gasteiger charge is 2.19. The van der Waals surface area contributed by atoms with Crippen LogP contribution in [0.1, 0.15) is 36.2 Å². The van der Waals surface area contributed by atoms with E-state index in [0.717, 1.165) is 27.5 Å². The van der Waals surface area contributed by atoms with E-state index >= 15 is 0 Å². The van der Waals surface area contributed by atoms with Crippen molar-refractivity contribution in [1.29, 1.82) is 0 Å². The van der Waals surface area contributed by atoms with Crippen molar-refractivity contribution in [2.24, 2.45) is 0 Å². The number of imidazole rings is 1. The van der Waals surface area contributed by atoms with Crippen molar-refractivity contribution < 1.29 is 13.6 Å². The number of rotatable bonds is 6. The van der Waals surface area contributed by atoms with E-state index in [9.17, 15) is 13.6 Å². The van der Waals surface area contributed by atoms with Gasteiger partial charge in [-0.1, -0.05) is 42.1 Å². The first-order valence-corrected chi connectivity index (χ1v) is 9.60. The summed E-state index contributed by atoms with van der Waals surface area (Å²) in [7, 11) is 0. The van der Waals surface area contributed by atoms with Crippen LogP contribution in [0.2, 0.25) is 0 Å². The van der Waals surface area contributed by atoms with Crippen LogP contribution in [0.15, 0.2) is 47.6 Å². The molecule has 1 N–H and O–H groups in total. The van der Waals surface area contributed by atoms with Crippen LogP contribution in [0.4, 0.5) is 8.78 Å². The summed E-state index contributed by atoms with van der Waals surface area (Å²) in [5.74, 6) is -0.204. The molecule has 2 aromatic carbocycles. The molecule has 7 heteroatoms. The number of amides is 1. The van der Waals surface area contributed by atoms with Crippen molar-refractivity contribution in [3.8, 4) is 0 Å². The second-order valence-corrected chi connectivity index (χ2v) is 7.39. The Labute approximate surface area is 161 Å². The van der Waals surface area contributed by atoms with Gasteiger partial charge in [-0.2, -0.15) is 8.78 Å². The topological polar surface area (TPSA) is 46.9 Å². The molecule has 0 fully saturated rings. The van der Waals surface area contributed by atoms with Crippen LogP contribution in [-0.2, 0) is 4.79 Å². The summed E-state index contributed by atoms with van der Waals surface area (Å²) in [6, 6.07) is 12.6. The molecule has 0 spiro atoms. The molecule has 0 aliphatic rings. The molecule has 1 atom stereocenters. The molecule has 1 aromatic heterocycles. The molecule has 0 saturated heterocycles. The fourth-order valence-electron chi connectivity index (χ4n) is 2.84. The van der Waals surface area contributed by atoms with Crippen LogP contribution in [0.5, 0.6) is 0 Å². The third-order valence-corrected chi connectivity index (χ3v) is 5.45. The number of carbonyl (C=O) groups excluding carboxylic acids is 1. The summed E-state index contributed by atoms with van der Waals surface area (Å²) in [6.07, 6.45) is 0. The lowest BCUT2D eigenvalue weighted by atomic mass is 10.0. The summed E-state index contributed by atoms with van der Waals surface area (Å²) in [5.41, 5.74) is 4.21. The van der Waals surface area contributed by atoms with Crippen LogP contribution in [-0.4, -0.2) is 21.2 Å². The van der Waals surface area contributed by atoms with Crippen molar-refractivity contribution >= 4 is 28.7 Å². The Bertz CT molecular complexity index is 971. The van der Waals surface area contributed by atoms with Gasteiger partial charge in [0.25, 0.3) is 0 Å². The van der Waals surface area contributed by atoms with Crippen LogP contribution in [0, 0.1) is 13.8 Å². The zero-order chi connectivity index (χ0) is 19.6. The van der Waals surface area contributed by atoms with Gasteiger partial charge in [0.15, 0.2) is 5.16 Å². The summed E-state index contributed by atoms with van der Waals surface area (Å²) in [5, 5.41) is 3.05. The number of aromatic nitrogens is 2. The highest BCUT2D eigenvalue weighted by Crippen LogP contribution is 2.29. The highest BCUT2D eigenvalue weighted by molar-refractivity contribution is 7.99. The summed E-state index contributed by atoms with van der Waals surface area (Å²) in [6.45, 7) is 3.25. The van der Waals surface area contributed by atoms with Gasteiger partial charge in [0, 0.05) is 0 Å². The van der Waals surface area contributed by atoms with Gasteiger partial charge >= 0.3 is 6.55 Å². The lowest BCUT2D eigenvalue weighted by Crippen LogP contribution is -2.28. The summed E-state index contributed by atoms with van der Waals surface area (Å²) >= 11 is 1.01. The van der Waals surface area contributed by atoms with Crippen LogP contribution >= 0.6 is 11.8 Å². The second-order valence-electron chi connectivity index (χ2n) is 6.45. The minimum atomic E-state index is -2.71. The standard InChI is InChI=1S/C20H21F2N3OS/c1-12-8-9-15(10-13(12)2)14(3)23-18(26)11-27-20-24-16-6-4-5-7-17(16)25(20)19(21)22/h4-10,14,19H,11H2,1-3H3,(H,23,26). The number of alkyl halides is 2. The fourth-order valence-corrected chi connectivity index (χ4v) is 3.67. The van der Waals surface area contributed by atoms with Gasteiger partial charge in [0.05, 0.1) is 22.8 Å². The molecule has 0 radical (unpaired) electrons. The maximum Gasteiger partial charge on any atom is 0.321 e. The minimum absolute atomic E-state index is 0.0191. The summed E-state index contributed by atoms with van der Waals surface area (Å²) in [4.78, 5) is 16.5. The molecule has 4 nitrogen and oxygen atoms in total. The van der Waals surface area contributed by atoms with Crippen LogP contribution < -0.4 is 5.32 Å². The first kappa shape index (κ1) is 19.4. The molecule has 27 heavy (non-hydrogen) atoms. The van der Waals surface area contributed by atoms with Gasteiger partial charge in [-0.15, -0.1) is 0 Å². The number of para-hydroxylation sites is 2. The second kappa shape index (κ2) is 8.08. The Balaban J connectivity index is 1.68. The molecular formula is C20H21F2N3OS. The number of aryl methyl sites for hydroxylation is 2. The molecule has 142 valence electrons. The molecule has 3 rings (SSSR count). The first-order chi connectivity index (χ1) is 12.9. The number of nitrogens with zero attached hydrogens (tertiary/aromatic N) is 2. The first-order valence-electron chi connectivity index (χ1n) is 8.61. The average molecular weight is 389 g/mol. The molecule has 1 unspecified atom stereocenters. The smallest absolute Gasteiger partial charge is 0.321 e. The molecule has 0 aliphatic heterocycles. The number of hydrogen-bond donors (Lipinski definition) is 1. The third kappa shape index (κ3) is 4.30. The Kier molecular flexibility index (Phi) is 5.79. The van der Waals surface area contributed by atoms with Crippen molar-refractivity contribution in [2.45, 2.75) is 38.5 Å². The average Bonchev–Trinajstić information content (AvgIpc) is 3.00. The molecule has 0 bridgehead atoms. The van der Waals surface area contributed by atoms with Crippen molar-refractivity contribution in [1.82, 2.24) is 14.9 Å². The monoisotopic (exact) mass is 389 g/mol. The Hall–Kier alpha value is -2.41. The molecule has 1 amide bonds. The normalized spacial score (nSPS) is 12.5. The predicted octanol–water partition coefficient (Wildman–Crippen LogP) is 5.02. The van der Waals surface area contributed by atoms with E-state index in [0.29, 0.717) is 11.0 Å². The number of thioether (sulfide) groups is 1. The van der Waals surface area contributed by atoms with E-state index in [2.05, 4.69) is 10.3 Å². The minimum Gasteiger partial charge on any atom is -0.349 e. The van der Waals surface area contributed by atoms with Gasteiger partial charge in [0.2, 0.25) is 5.91 Å². The lowest BCUT2D eigenvalue weighted by molar-refractivity contribution is -0.119. The van der Waals surface area contributed by atoms with Crippen molar-refractivity contribution in [3.63, 3.8) is 0 Å². The van der Waals surface area contributed by atoms with Gasteiger partial charge in [-0.3, -0.25) is 9.36 Å². The van der Waals surface area contributed by atoms with Gasteiger partial charge in [-0.05, 0) is 49.6 Å². The van der Waals surface area contributed by atoms with E-state index in [1.807, 2.05) is 39.0 Å². The molecule has 0 saturated carbocycles. The van der Waals surface area contributed by atoms with E-state index in [4.69, 9.17) is 0 Å². The lowest BCUT2D eigenvalue weighted by Gasteiger charge is -2.15.